The average molecular weight is 539 g/mol. The van der Waals surface area contributed by atoms with Crippen LogP contribution in [0.3, 0.4) is 0 Å². The predicted octanol–water partition coefficient (Wildman–Crippen LogP) is 4.17. The van der Waals surface area contributed by atoms with Gasteiger partial charge in [-0.25, -0.2) is 13.9 Å². The summed E-state index contributed by atoms with van der Waals surface area (Å²) in [6.45, 7) is 9.35. The second kappa shape index (κ2) is 9.62. The number of benzene rings is 1. The SMILES string of the molecule is COc1nc(N2C[C@H]3C[C@@H]2CO3)cc(-n2ncc3cc(C)c(C4CCN(C(=O)OC(C)(C)C)CC4F)cc32)n1. The Labute approximate surface area is 227 Å². The lowest BCUT2D eigenvalue weighted by atomic mass is 9.85. The quantitative estimate of drug-likeness (QED) is 0.489. The van der Waals surface area contributed by atoms with Gasteiger partial charge in [-0.05, 0) is 63.8 Å². The Hall–Kier alpha value is -3.47. The third kappa shape index (κ3) is 4.88. The summed E-state index contributed by atoms with van der Waals surface area (Å²) in [5, 5.41) is 5.57. The molecule has 3 aliphatic rings. The maximum absolute atomic E-state index is 15.6. The number of carbonyl (C=O) groups excluding carboxylic acids is 1. The molecule has 2 aromatic heterocycles. The summed E-state index contributed by atoms with van der Waals surface area (Å²) < 4.78 is 34.0. The fraction of sp³-hybridized carbons (Fsp3) is 0.571. The number of methoxy groups -OCH3 is 1. The van der Waals surface area contributed by atoms with E-state index in [2.05, 4.69) is 20.0 Å². The van der Waals surface area contributed by atoms with Gasteiger partial charge in [0.1, 0.15) is 17.6 Å². The molecule has 0 aliphatic carbocycles. The molecule has 39 heavy (non-hydrogen) atoms. The van der Waals surface area contributed by atoms with Gasteiger partial charge >= 0.3 is 12.1 Å². The zero-order valence-corrected chi connectivity index (χ0v) is 23.1. The van der Waals surface area contributed by atoms with Crippen LogP contribution >= 0.6 is 0 Å². The van der Waals surface area contributed by atoms with Crippen molar-refractivity contribution in [1.82, 2.24) is 24.6 Å². The van der Waals surface area contributed by atoms with Crippen LogP contribution in [0.5, 0.6) is 6.01 Å². The molecule has 3 aromatic rings. The standard InChI is InChI=1S/C28H35FN6O4/c1-16-8-17-12-30-35(25-11-24(31-26(32-25)37-5)34-13-19-9-18(34)15-38-19)23(17)10-21(16)20-6-7-33(14-22(20)29)27(36)39-28(2,3)4/h8,10-12,18-20,22H,6-7,9,13-15H2,1-5H3/t18-,19-,20?,22?/m1/s1. The van der Waals surface area contributed by atoms with Crippen LogP contribution in [0.2, 0.25) is 0 Å². The van der Waals surface area contributed by atoms with E-state index in [4.69, 9.17) is 14.2 Å². The molecule has 5 heterocycles. The Morgan fingerprint density at radius 2 is 1.95 bits per heavy atom. The number of hydrogen-bond donors (Lipinski definition) is 0. The van der Waals surface area contributed by atoms with E-state index in [0.717, 1.165) is 40.8 Å². The number of halogens is 1. The Morgan fingerprint density at radius 1 is 1.15 bits per heavy atom. The van der Waals surface area contributed by atoms with Crippen molar-refractivity contribution in [2.75, 3.05) is 38.3 Å². The van der Waals surface area contributed by atoms with Gasteiger partial charge in [0.25, 0.3) is 0 Å². The van der Waals surface area contributed by atoms with Crippen LogP contribution < -0.4 is 9.64 Å². The number of fused-ring (bicyclic) bond motifs is 3. The van der Waals surface area contributed by atoms with Gasteiger partial charge < -0.3 is 24.0 Å². The first-order valence-electron chi connectivity index (χ1n) is 13.5. The van der Waals surface area contributed by atoms with E-state index in [0.29, 0.717) is 31.4 Å². The summed E-state index contributed by atoms with van der Waals surface area (Å²) in [6, 6.07) is 6.53. The topological polar surface area (TPSA) is 94.8 Å². The molecule has 208 valence electrons. The molecule has 0 spiro atoms. The van der Waals surface area contributed by atoms with Crippen molar-refractivity contribution in [1.29, 1.82) is 0 Å². The lowest BCUT2D eigenvalue weighted by molar-refractivity contribution is 0.0111. The fourth-order valence-electron chi connectivity index (χ4n) is 5.96. The van der Waals surface area contributed by atoms with Gasteiger partial charge in [0.2, 0.25) is 0 Å². The normalized spacial score (nSPS) is 25.0. The molecule has 0 radical (unpaired) electrons. The summed E-state index contributed by atoms with van der Waals surface area (Å²) in [6.07, 6.45) is 1.84. The summed E-state index contributed by atoms with van der Waals surface area (Å²) in [5.74, 6) is 1.02. The van der Waals surface area contributed by atoms with E-state index in [9.17, 15) is 4.79 Å². The first kappa shape index (κ1) is 25.8. The number of aromatic nitrogens is 4. The Morgan fingerprint density at radius 3 is 2.62 bits per heavy atom. The van der Waals surface area contributed by atoms with E-state index < -0.39 is 17.9 Å². The largest absolute Gasteiger partial charge is 0.467 e. The van der Waals surface area contributed by atoms with Crippen molar-refractivity contribution in [2.45, 2.75) is 70.4 Å². The van der Waals surface area contributed by atoms with E-state index in [-0.39, 0.29) is 24.6 Å². The number of rotatable bonds is 4. The number of nitrogens with zero attached hydrogens (tertiary/aromatic N) is 6. The van der Waals surface area contributed by atoms with Crippen LogP contribution in [0.4, 0.5) is 15.0 Å². The number of amides is 1. The number of piperidine rings is 1. The fourth-order valence-corrected chi connectivity index (χ4v) is 5.96. The van der Waals surface area contributed by atoms with Crippen molar-refractivity contribution in [2.24, 2.45) is 0 Å². The van der Waals surface area contributed by atoms with Gasteiger partial charge in [-0.3, -0.25) is 0 Å². The van der Waals surface area contributed by atoms with Crippen LogP contribution in [0.25, 0.3) is 16.7 Å². The van der Waals surface area contributed by atoms with Crippen molar-refractivity contribution in [3.8, 4) is 11.8 Å². The molecule has 3 fully saturated rings. The van der Waals surface area contributed by atoms with Crippen LogP contribution in [0.15, 0.2) is 24.4 Å². The molecule has 3 saturated heterocycles. The monoisotopic (exact) mass is 538 g/mol. The molecule has 1 aromatic carbocycles. The van der Waals surface area contributed by atoms with Crippen molar-refractivity contribution in [3.63, 3.8) is 0 Å². The van der Waals surface area contributed by atoms with E-state index >= 15 is 4.39 Å². The Balaban J connectivity index is 1.30. The lowest BCUT2D eigenvalue weighted by Gasteiger charge is -2.36. The molecule has 2 bridgehead atoms. The minimum Gasteiger partial charge on any atom is -0.467 e. The first-order chi connectivity index (χ1) is 18.6. The van der Waals surface area contributed by atoms with Gasteiger partial charge in [0.15, 0.2) is 5.82 Å². The molecular formula is C28H35FN6O4. The van der Waals surface area contributed by atoms with E-state index in [1.807, 2.05) is 45.9 Å². The van der Waals surface area contributed by atoms with Crippen molar-refractivity contribution >= 4 is 22.8 Å². The number of aryl methyl sites for hydroxylation is 1. The highest BCUT2D eigenvalue weighted by Gasteiger charge is 2.40. The lowest BCUT2D eigenvalue weighted by Crippen LogP contribution is -2.46. The second-order valence-electron chi connectivity index (χ2n) is 11.7. The number of morpholine rings is 1. The maximum Gasteiger partial charge on any atom is 0.410 e. The molecule has 0 N–H and O–H groups in total. The minimum absolute atomic E-state index is 0.00446. The van der Waals surface area contributed by atoms with Crippen LogP contribution in [0, 0.1) is 6.92 Å². The van der Waals surface area contributed by atoms with Gasteiger partial charge in [-0.15, -0.1) is 0 Å². The third-order valence-electron chi connectivity index (χ3n) is 7.82. The van der Waals surface area contributed by atoms with Gasteiger partial charge in [0, 0.05) is 30.5 Å². The summed E-state index contributed by atoms with van der Waals surface area (Å²) in [4.78, 5) is 25.4. The molecule has 3 aliphatic heterocycles. The highest BCUT2D eigenvalue weighted by atomic mass is 19.1. The molecule has 2 unspecified atom stereocenters. The zero-order valence-electron chi connectivity index (χ0n) is 23.1. The number of anilines is 1. The number of hydrogen-bond acceptors (Lipinski definition) is 8. The Bertz CT molecular complexity index is 1400. The number of ether oxygens (including phenoxy) is 3. The molecule has 1 amide bonds. The predicted molar refractivity (Wildman–Crippen MR) is 144 cm³/mol. The molecule has 6 rings (SSSR count). The summed E-state index contributed by atoms with van der Waals surface area (Å²) in [5.41, 5.74) is 2.12. The highest BCUT2D eigenvalue weighted by Crippen LogP contribution is 2.37. The van der Waals surface area contributed by atoms with E-state index in [1.165, 1.54) is 4.90 Å². The van der Waals surface area contributed by atoms with Crippen molar-refractivity contribution in [3.05, 3.63) is 35.5 Å². The average Bonchev–Trinajstić information content (AvgIpc) is 3.63. The third-order valence-corrected chi connectivity index (χ3v) is 7.82. The number of likely N-dealkylation sites (tertiary alicyclic amines) is 1. The van der Waals surface area contributed by atoms with Crippen LogP contribution in [-0.2, 0) is 9.47 Å². The molecular weight excluding hydrogens is 503 g/mol. The minimum atomic E-state index is -1.21. The number of carbonyl (C=O) groups is 1. The maximum atomic E-state index is 15.6. The molecule has 10 nitrogen and oxygen atoms in total. The van der Waals surface area contributed by atoms with Gasteiger partial charge in [0.05, 0.1) is 44.1 Å². The molecule has 4 atom stereocenters. The Kier molecular flexibility index (Phi) is 6.36. The second-order valence-corrected chi connectivity index (χ2v) is 11.7. The van der Waals surface area contributed by atoms with Crippen molar-refractivity contribution < 1.29 is 23.4 Å². The van der Waals surface area contributed by atoms with Crippen LogP contribution in [-0.4, -0.2) is 88.0 Å². The summed E-state index contributed by atoms with van der Waals surface area (Å²) in [7, 11) is 1.55. The zero-order chi connectivity index (χ0) is 27.5. The first-order valence-corrected chi connectivity index (χ1v) is 13.5. The van der Waals surface area contributed by atoms with E-state index in [1.54, 1.807) is 18.0 Å². The summed E-state index contributed by atoms with van der Waals surface area (Å²) >= 11 is 0. The smallest absolute Gasteiger partial charge is 0.410 e. The van der Waals surface area contributed by atoms with Gasteiger partial charge in [-0.2, -0.15) is 15.1 Å². The highest BCUT2D eigenvalue weighted by molar-refractivity contribution is 5.82. The van der Waals surface area contributed by atoms with Gasteiger partial charge in [-0.1, -0.05) is 0 Å². The number of alkyl halides is 1. The molecule has 11 heteroatoms. The molecule has 0 saturated carbocycles. The van der Waals surface area contributed by atoms with Crippen LogP contribution in [0.1, 0.15) is 50.7 Å².